The van der Waals surface area contributed by atoms with Gasteiger partial charge in [-0.25, -0.2) is 9.97 Å². The SMILES string of the molecule is Cc1ccc2c(-c3ccnc(Nc4ccccc4)n3)c(-c3cccc(C(F)(F)F)c3)nn2n1. The Morgan fingerprint density at radius 3 is 2.48 bits per heavy atom. The van der Waals surface area contributed by atoms with Crippen molar-refractivity contribution in [1.29, 1.82) is 0 Å². The van der Waals surface area contributed by atoms with E-state index in [1.807, 2.05) is 49.4 Å². The maximum Gasteiger partial charge on any atom is 0.416 e. The summed E-state index contributed by atoms with van der Waals surface area (Å²) in [6.07, 6.45) is -2.87. The molecule has 0 atom stereocenters. The van der Waals surface area contributed by atoms with E-state index in [1.54, 1.807) is 18.3 Å². The summed E-state index contributed by atoms with van der Waals surface area (Å²) in [6.45, 7) is 1.82. The third-order valence-electron chi connectivity index (χ3n) is 5.04. The molecule has 0 spiro atoms. The summed E-state index contributed by atoms with van der Waals surface area (Å²) in [5.74, 6) is 0.355. The Morgan fingerprint density at radius 2 is 1.70 bits per heavy atom. The molecule has 0 unspecified atom stereocenters. The smallest absolute Gasteiger partial charge is 0.324 e. The topological polar surface area (TPSA) is 68.0 Å². The predicted molar refractivity (Wildman–Crippen MR) is 119 cm³/mol. The molecule has 0 aliphatic heterocycles. The molecule has 33 heavy (non-hydrogen) atoms. The van der Waals surface area contributed by atoms with E-state index in [9.17, 15) is 13.2 Å². The molecule has 5 aromatic rings. The minimum atomic E-state index is -4.47. The lowest BCUT2D eigenvalue weighted by Gasteiger charge is -2.09. The molecule has 2 aromatic carbocycles. The number of nitrogens with one attached hydrogen (secondary N) is 1. The van der Waals surface area contributed by atoms with Crippen molar-refractivity contribution >= 4 is 17.2 Å². The van der Waals surface area contributed by atoms with Gasteiger partial charge in [0.25, 0.3) is 0 Å². The highest BCUT2D eigenvalue weighted by molar-refractivity contribution is 5.91. The highest BCUT2D eigenvalue weighted by atomic mass is 19.4. The lowest BCUT2D eigenvalue weighted by molar-refractivity contribution is -0.137. The van der Waals surface area contributed by atoms with E-state index in [-0.39, 0.29) is 0 Å². The van der Waals surface area contributed by atoms with Gasteiger partial charge < -0.3 is 5.32 Å². The monoisotopic (exact) mass is 446 g/mol. The normalized spacial score (nSPS) is 11.6. The first-order chi connectivity index (χ1) is 15.9. The van der Waals surface area contributed by atoms with Gasteiger partial charge in [0.05, 0.1) is 28.0 Å². The molecule has 5 rings (SSSR count). The van der Waals surface area contributed by atoms with Gasteiger partial charge >= 0.3 is 6.18 Å². The summed E-state index contributed by atoms with van der Waals surface area (Å²) < 4.78 is 41.5. The zero-order chi connectivity index (χ0) is 23.0. The fourth-order valence-corrected chi connectivity index (χ4v) is 3.53. The molecule has 0 amide bonds. The zero-order valence-corrected chi connectivity index (χ0v) is 17.4. The van der Waals surface area contributed by atoms with Gasteiger partial charge in [-0.2, -0.15) is 22.9 Å². The van der Waals surface area contributed by atoms with Crippen molar-refractivity contribution < 1.29 is 13.2 Å². The second-order valence-corrected chi connectivity index (χ2v) is 7.41. The van der Waals surface area contributed by atoms with Crippen molar-refractivity contribution in [2.75, 3.05) is 5.32 Å². The Labute approximate surface area is 186 Å². The first kappa shape index (κ1) is 20.6. The van der Waals surface area contributed by atoms with Crippen LogP contribution in [-0.2, 0) is 6.18 Å². The van der Waals surface area contributed by atoms with Gasteiger partial charge in [0, 0.05) is 17.4 Å². The van der Waals surface area contributed by atoms with Crippen LogP contribution in [0.3, 0.4) is 0 Å². The molecular formula is C24H17F3N6. The number of benzene rings is 2. The van der Waals surface area contributed by atoms with Crippen molar-refractivity contribution in [3.8, 4) is 22.5 Å². The lowest BCUT2D eigenvalue weighted by atomic mass is 10.0. The summed E-state index contributed by atoms with van der Waals surface area (Å²) in [4.78, 5) is 8.89. The number of fused-ring (bicyclic) bond motifs is 1. The van der Waals surface area contributed by atoms with Crippen LogP contribution in [-0.4, -0.2) is 24.8 Å². The van der Waals surface area contributed by atoms with Gasteiger partial charge in [0.2, 0.25) is 5.95 Å². The van der Waals surface area contributed by atoms with E-state index in [0.717, 1.165) is 23.5 Å². The Kier molecular flexibility index (Phi) is 5.01. The molecule has 0 aliphatic rings. The van der Waals surface area contributed by atoms with E-state index in [1.165, 1.54) is 10.7 Å². The van der Waals surface area contributed by atoms with Crippen molar-refractivity contribution in [2.45, 2.75) is 13.1 Å². The highest BCUT2D eigenvalue weighted by Crippen LogP contribution is 2.37. The molecule has 1 N–H and O–H groups in total. The van der Waals surface area contributed by atoms with Crippen LogP contribution >= 0.6 is 0 Å². The maximum atomic E-state index is 13.4. The van der Waals surface area contributed by atoms with Crippen LogP contribution in [0.1, 0.15) is 11.3 Å². The highest BCUT2D eigenvalue weighted by Gasteiger charge is 2.31. The van der Waals surface area contributed by atoms with Gasteiger partial charge in [-0.05, 0) is 49.4 Å². The molecule has 3 heterocycles. The van der Waals surface area contributed by atoms with Crippen molar-refractivity contribution in [1.82, 2.24) is 24.8 Å². The second kappa shape index (κ2) is 8.01. The quantitative estimate of drug-likeness (QED) is 0.371. The second-order valence-electron chi connectivity index (χ2n) is 7.41. The van der Waals surface area contributed by atoms with Gasteiger partial charge in [-0.1, -0.05) is 30.3 Å². The number of alkyl halides is 3. The third kappa shape index (κ3) is 4.12. The minimum Gasteiger partial charge on any atom is -0.324 e. The number of anilines is 2. The summed E-state index contributed by atoms with van der Waals surface area (Å²) in [6, 6.07) is 19.9. The van der Waals surface area contributed by atoms with E-state index in [2.05, 4.69) is 25.5 Å². The fourth-order valence-electron chi connectivity index (χ4n) is 3.53. The molecule has 9 heteroatoms. The molecule has 0 saturated carbocycles. The Bertz CT molecular complexity index is 1440. The minimum absolute atomic E-state index is 0.319. The van der Waals surface area contributed by atoms with E-state index in [0.29, 0.717) is 34.0 Å². The van der Waals surface area contributed by atoms with Crippen LogP contribution in [0.15, 0.2) is 79.0 Å². The summed E-state index contributed by atoms with van der Waals surface area (Å²) in [5, 5.41) is 12.0. The maximum absolute atomic E-state index is 13.4. The number of hydrogen-bond donors (Lipinski definition) is 1. The van der Waals surface area contributed by atoms with Crippen LogP contribution < -0.4 is 5.32 Å². The number of aryl methyl sites for hydroxylation is 1. The molecule has 0 bridgehead atoms. The third-order valence-corrected chi connectivity index (χ3v) is 5.04. The molecule has 0 saturated heterocycles. The molecule has 3 aromatic heterocycles. The molecular weight excluding hydrogens is 429 g/mol. The zero-order valence-electron chi connectivity index (χ0n) is 17.4. The van der Waals surface area contributed by atoms with E-state index in [4.69, 9.17) is 0 Å². The van der Waals surface area contributed by atoms with E-state index < -0.39 is 11.7 Å². The van der Waals surface area contributed by atoms with Gasteiger partial charge in [-0.3, -0.25) is 0 Å². The molecule has 0 fully saturated rings. The number of aromatic nitrogens is 5. The molecule has 0 radical (unpaired) electrons. The largest absolute Gasteiger partial charge is 0.416 e. The van der Waals surface area contributed by atoms with Crippen LogP contribution in [0, 0.1) is 6.92 Å². The average molecular weight is 446 g/mol. The fraction of sp³-hybridized carbons (Fsp3) is 0.0833. The average Bonchev–Trinajstić information content (AvgIpc) is 3.18. The van der Waals surface area contributed by atoms with Crippen molar-refractivity contribution in [2.24, 2.45) is 0 Å². The first-order valence-corrected chi connectivity index (χ1v) is 10.1. The number of para-hydroxylation sites is 1. The summed E-state index contributed by atoms with van der Waals surface area (Å²) >= 11 is 0. The number of nitrogens with zero attached hydrogens (tertiary/aromatic N) is 5. The van der Waals surface area contributed by atoms with Gasteiger partial charge in [0.1, 0.15) is 5.69 Å². The summed E-state index contributed by atoms with van der Waals surface area (Å²) in [7, 11) is 0. The number of hydrogen-bond acceptors (Lipinski definition) is 5. The Morgan fingerprint density at radius 1 is 0.879 bits per heavy atom. The number of halogens is 3. The van der Waals surface area contributed by atoms with Crippen molar-refractivity contribution in [3.63, 3.8) is 0 Å². The van der Waals surface area contributed by atoms with Gasteiger partial charge in [0.15, 0.2) is 0 Å². The summed E-state index contributed by atoms with van der Waals surface area (Å²) in [5.41, 5.74) is 3.16. The first-order valence-electron chi connectivity index (χ1n) is 10.1. The van der Waals surface area contributed by atoms with Crippen molar-refractivity contribution in [3.05, 3.63) is 90.3 Å². The van der Waals surface area contributed by atoms with Crippen LogP contribution in [0.2, 0.25) is 0 Å². The number of rotatable bonds is 4. The standard InChI is InChI=1S/C24H17F3N6/c1-15-10-11-20-21(19-12-13-28-23(30-19)29-18-8-3-2-4-9-18)22(32-33(20)31-15)16-6-5-7-17(14-16)24(25,26)27/h2-14H,1H3,(H,28,29,30). The molecule has 6 nitrogen and oxygen atoms in total. The Balaban J connectivity index is 1.68. The van der Waals surface area contributed by atoms with Crippen LogP contribution in [0.5, 0.6) is 0 Å². The predicted octanol–water partition coefficient (Wildman–Crippen LogP) is 5.92. The van der Waals surface area contributed by atoms with Crippen LogP contribution in [0.4, 0.5) is 24.8 Å². The van der Waals surface area contributed by atoms with Gasteiger partial charge in [-0.15, -0.1) is 5.10 Å². The molecule has 164 valence electrons. The van der Waals surface area contributed by atoms with E-state index >= 15 is 0 Å². The Hall–Kier alpha value is -4.27. The lowest BCUT2D eigenvalue weighted by Crippen LogP contribution is -2.04. The van der Waals surface area contributed by atoms with Crippen LogP contribution in [0.25, 0.3) is 28.0 Å². The molecule has 0 aliphatic carbocycles.